The number of thiophene rings is 1. The van der Waals surface area contributed by atoms with Crippen molar-refractivity contribution in [3.05, 3.63) is 46.3 Å². The van der Waals surface area contributed by atoms with Crippen molar-refractivity contribution in [2.24, 2.45) is 5.92 Å². The Kier molecular flexibility index (Phi) is 4.40. The van der Waals surface area contributed by atoms with E-state index in [1.807, 2.05) is 26.2 Å². The maximum Gasteiger partial charge on any atom is 0.225 e. The summed E-state index contributed by atoms with van der Waals surface area (Å²) in [6.45, 7) is 0. The van der Waals surface area contributed by atoms with Crippen molar-refractivity contribution in [3.8, 4) is 0 Å². The van der Waals surface area contributed by atoms with Crippen molar-refractivity contribution in [3.63, 3.8) is 0 Å². The highest BCUT2D eigenvalue weighted by Crippen LogP contribution is 2.41. The van der Waals surface area contributed by atoms with Crippen molar-refractivity contribution < 1.29 is 4.79 Å². The van der Waals surface area contributed by atoms with E-state index in [2.05, 4.69) is 20.4 Å². The quantitative estimate of drug-likeness (QED) is 0.537. The summed E-state index contributed by atoms with van der Waals surface area (Å²) in [5.41, 5.74) is 2.97. The molecule has 0 radical (unpaired) electrons. The average molecular weight is 427 g/mol. The summed E-state index contributed by atoms with van der Waals surface area (Å²) in [7, 11) is 3.63. The van der Waals surface area contributed by atoms with E-state index < -0.39 is 0 Å². The summed E-state index contributed by atoms with van der Waals surface area (Å²) in [5.74, 6) is 0.975. The lowest BCUT2D eigenvalue weighted by Gasteiger charge is -2.24. The molecule has 29 heavy (non-hydrogen) atoms. The number of carbonyl (C=O) groups excluding carboxylic acids is 1. The highest BCUT2D eigenvalue weighted by Gasteiger charge is 2.29. The maximum absolute atomic E-state index is 12.4. The number of hydrogen-bond acceptors (Lipinski definition) is 6. The molecular formula is C20H19ClN6OS. The molecule has 0 fully saturated rings. The highest BCUT2D eigenvalue weighted by atomic mass is 35.5. The van der Waals surface area contributed by atoms with E-state index in [0.717, 1.165) is 46.5 Å². The predicted molar refractivity (Wildman–Crippen MR) is 115 cm³/mol. The van der Waals surface area contributed by atoms with E-state index in [4.69, 9.17) is 11.6 Å². The Morgan fingerprint density at radius 3 is 3.07 bits per heavy atom. The van der Waals surface area contributed by atoms with Crippen molar-refractivity contribution in [2.75, 3.05) is 19.4 Å². The van der Waals surface area contributed by atoms with Crippen LogP contribution in [0.2, 0.25) is 5.02 Å². The van der Waals surface area contributed by atoms with Gasteiger partial charge in [0.1, 0.15) is 17.0 Å². The molecule has 4 aromatic heterocycles. The maximum atomic E-state index is 12.4. The zero-order valence-electron chi connectivity index (χ0n) is 16.0. The van der Waals surface area contributed by atoms with Crippen LogP contribution >= 0.6 is 22.9 Å². The average Bonchev–Trinajstić information content (AvgIpc) is 3.30. The molecule has 0 aliphatic heterocycles. The number of aromatic nitrogens is 4. The number of pyridine rings is 1. The van der Waals surface area contributed by atoms with Gasteiger partial charge in [-0.15, -0.1) is 11.3 Å². The second-order valence-corrected chi connectivity index (χ2v) is 8.93. The molecule has 0 saturated heterocycles. The van der Waals surface area contributed by atoms with Gasteiger partial charge in [-0.3, -0.25) is 4.79 Å². The van der Waals surface area contributed by atoms with Crippen LogP contribution in [-0.4, -0.2) is 44.5 Å². The summed E-state index contributed by atoms with van der Waals surface area (Å²) >= 11 is 8.11. The Bertz CT molecular complexity index is 1250. The van der Waals surface area contributed by atoms with E-state index in [1.54, 1.807) is 39.5 Å². The van der Waals surface area contributed by atoms with Gasteiger partial charge < -0.3 is 10.2 Å². The molecule has 0 bridgehead atoms. The summed E-state index contributed by atoms with van der Waals surface area (Å²) in [5, 5.41) is 9.20. The molecule has 1 N–H and O–H groups in total. The molecule has 5 rings (SSSR count). The van der Waals surface area contributed by atoms with Gasteiger partial charge in [-0.05, 0) is 37.0 Å². The SMILES string of the molecule is CN(C)C(=O)C1CCc2c(sc3ncnc(Nc4cc5ccnn5cc4Cl)c23)C1. The smallest absolute Gasteiger partial charge is 0.225 e. The van der Waals surface area contributed by atoms with Crippen LogP contribution in [-0.2, 0) is 17.6 Å². The first kappa shape index (κ1) is 18.3. The minimum atomic E-state index is 0.0358. The molecule has 1 amide bonds. The van der Waals surface area contributed by atoms with E-state index in [1.165, 1.54) is 10.4 Å². The lowest BCUT2D eigenvalue weighted by Crippen LogP contribution is -2.32. The largest absolute Gasteiger partial charge is 0.349 e. The van der Waals surface area contributed by atoms with Gasteiger partial charge in [0.2, 0.25) is 5.91 Å². The minimum absolute atomic E-state index is 0.0358. The number of fused-ring (bicyclic) bond motifs is 4. The van der Waals surface area contributed by atoms with E-state index in [-0.39, 0.29) is 11.8 Å². The van der Waals surface area contributed by atoms with E-state index in [9.17, 15) is 4.79 Å². The van der Waals surface area contributed by atoms with Gasteiger partial charge in [-0.25, -0.2) is 14.5 Å². The Hall–Kier alpha value is -2.71. The Morgan fingerprint density at radius 1 is 1.38 bits per heavy atom. The topological polar surface area (TPSA) is 75.4 Å². The van der Waals surface area contributed by atoms with Crippen molar-refractivity contribution in [1.29, 1.82) is 0 Å². The number of amides is 1. The fourth-order valence-electron chi connectivity index (χ4n) is 3.94. The molecule has 4 heterocycles. The summed E-state index contributed by atoms with van der Waals surface area (Å²) in [4.78, 5) is 25.3. The Morgan fingerprint density at radius 2 is 2.24 bits per heavy atom. The molecule has 1 unspecified atom stereocenters. The lowest BCUT2D eigenvalue weighted by molar-refractivity contribution is -0.133. The second kappa shape index (κ2) is 6.96. The van der Waals surface area contributed by atoms with Crippen molar-refractivity contribution >= 4 is 56.1 Å². The number of nitrogens with one attached hydrogen (secondary N) is 1. The number of carbonyl (C=O) groups is 1. The molecule has 0 saturated carbocycles. The third-order valence-corrected chi connectivity index (χ3v) is 6.84. The fourth-order valence-corrected chi connectivity index (χ4v) is 5.41. The number of aryl methyl sites for hydroxylation is 1. The fraction of sp³-hybridized carbons (Fsp3) is 0.300. The summed E-state index contributed by atoms with van der Waals surface area (Å²) in [6, 6.07) is 3.87. The van der Waals surface area contributed by atoms with Crippen LogP contribution < -0.4 is 5.32 Å². The van der Waals surface area contributed by atoms with E-state index >= 15 is 0 Å². The summed E-state index contributed by atoms with van der Waals surface area (Å²) < 4.78 is 1.73. The van der Waals surface area contributed by atoms with Gasteiger partial charge in [-0.1, -0.05) is 11.6 Å². The first-order chi connectivity index (χ1) is 14.0. The monoisotopic (exact) mass is 426 g/mol. The van der Waals surface area contributed by atoms with Crippen LogP contribution in [0.5, 0.6) is 0 Å². The summed E-state index contributed by atoms with van der Waals surface area (Å²) in [6.07, 6.45) is 7.52. The van der Waals surface area contributed by atoms with Gasteiger partial charge in [0.25, 0.3) is 0 Å². The third-order valence-electron chi connectivity index (χ3n) is 5.37. The third kappa shape index (κ3) is 3.12. The van der Waals surface area contributed by atoms with Crippen LogP contribution in [0.1, 0.15) is 16.9 Å². The molecule has 0 aromatic carbocycles. The van der Waals surface area contributed by atoms with Crippen molar-refractivity contribution in [2.45, 2.75) is 19.3 Å². The van der Waals surface area contributed by atoms with Crippen LogP contribution in [0.25, 0.3) is 15.7 Å². The highest BCUT2D eigenvalue weighted by molar-refractivity contribution is 7.19. The zero-order chi connectivity index (χ0) is 20.1. The predicted octanol–water partition coefficient (Wildman–Crippen LogP) is 3.93. The van der Waals surface area contributed by atoms with Gasteiger partial charge in [0, 0.05) is 37.3 Å². The minimum Gasteiger partial charge on any atom is -0.349 e. The number of rotatable bonds is 3. The lowest BCUT2D eigenvalue weighted by atomic mass is 9.87. The van der Waals surface area contributed by atoms with Crippen LogP contribution in [0.4, 0.5) is 11.5 Å². The Labute approximate surface area is 176 Å². The van der Waals surface area contributed by atoms with Gasteiger partial charge in [0.15, 0.2) is 0 Å². The first-order valence-corrected chi connectivity index (χ1v) is 10.6. The standard InChI is InChI=1S/C20H19ClN6OS/c1-26(2)20(28)11-3-4-13-16(7-11)29-19-17(13)18(22-10-23-19)25-15-8-12-5-6-24-27(12)9-14(15)21/h5-6,8-11H,3-4,7H2,1-2H3,(H,22,23,25). The molecular weight excluding hydrogens is 408 g/mol. The number of nitrogens with zero attached hydrogens (tertiary/aromatic N) is 5. The number of halogens is 1. The second-order valence-electron chi connectivity index (χ2n) is 7.44. The molecule has 148 valence electrons. The number of anilines is 2. The molecule has 0 spiro atoms. The molecule has 9 heteroatoms. The van der Waals surface area contributed by atoms with Gasteiger partial charge in [0.05, 0.1) is 21.6 Å². The number of hydrogen-bond donors (Lipinski definition) is 1. The van der Waals surface area contributed by atoms with E-state index in [0.29, 0.717) is 5.02 Å². The molecule has 7 nitrogen and oxygen atoms in total. The van der Waals surface area contributed by atoms with Crippen molar-refractivity contribution in [1.82, 2.24) is 24.5 Å². The molecule has 1 aliphatic carbocycles. The van der Waals surface area contributed by atoms with Crippen LogP contribution in [0, 0.1) is 5.92 Å². The van der Waals surface area contributed by atoms with Crippen LogP contribution in [0.3, 0.4) is 0 Å². The zero-order valence-corrected chi connectivity index (χ0v) is 17.6. The first-order valence-electron chi connectivity index (χ1n) is 9.37. The van der Waals surface area contributed by atoms with Gasteiger partial charge in [-0.2, -0.15) is 5.10 Å². The molecule has 4 aromatic rings. The Balaban J connectivity index is 1.54. The van der Waals surface area contributed by atoms with Crippen LogP contribution in [0.15, 0.2) is 30.9 Å². The molecule has 1 atom stereocenters. The molecule has 1 aliphatic rings. The van der Waals surface area contributed by atoms with Gasteiger partial charge >= 0.3 is 0 Å². The normalized spacial score (nSPS) is 16.2.